The molecule has 12 heavy (non-hydrogen) atoms. The Labute approximate surface area is 80.3 Å². The average molecular weight is 283 g/mol. The average Bonchev–Trinajstić information content (AvgIpc) is 1.96. The fourth-order valence-electron chi connectivity index (χ4n) is 0.692. The molecule has 0 saturated heterocycles. The second-order valence-corrected chi connectivity index (χ2v) is 3.26. The van der Waals surface area contributed by atoms with E-state index in [1.54, 1.807) is 22.6 Å². The zero-order valence-electron chi connectivity index (χ0n) is 5.62. The maximum absolute atomic E-state index is 12.6. The zero-order chi connectivity index (χ0) is 9.30. The molecule has 0 radical (unpaired) electrons. The van der Waals surface area contributed by atoms with Gasteiger partial charge in [0.15, 0.2) is 5.82 Å². The highest BCUT2D eigenvalue weighted by Crippen LogP contribution is 2.30. The van der Waals surface area contributed by atoms with E-state index in [0.717, 1.165) is 12.1 Å². The highest BCUT2D eigenvalue weighted by molar-refractivity contribution is 14.1. The molecule has 1 N–H and O–H groups in total. The number of nitro groups is 1. The van der Waals surface area contributed by atoms with Crippen LogP contribution in [0.3, 0.4) is 0 Å². The quantitative estimate of drug-likeness (QED) is 0.487. The summed E-state index contributed by atoms with van der Waals surface area (Å²) in [7, 11) is 0. The lowest BCUT2D eigenvalue weighted by molar-refractivity contribution is -0.386. The first-order valence-electron chi connectivity index (χ1n) is 2.85. The minimum absolute atomic E-state index is 0.370. The third kappa shape index (κ3) is 1.63. The highest BCUT2D eigenvalue weighted by Gasteiger charge is 2.18. The lowest BCUT2D eigenvalue weighted by atomic mass is 10.3. The van der Waals surface area contributed by atoms with Crippen molar-refractivity contribution in [2.75, 3.05) is 0 Å². The van der Waals surface area contributed by atoms with Gasteiger partial charge in [0, 0.05) is 9.64 Å². The largest absolute Gasteiger partial charge is 0.500 e. The van der Waals surface area contributed by atoms with Crippen LogP contribution in [-0.4, -0.2) is 10.0 Å². The van der Waals surface area contributed by atoms with Gasteiger partial charge in [-0.3, -0.25) is 10.1 Å². The first-order valence-corrected chi connectivity index (χ1v) is 3.92. The van der Waals surface area contributed by atoms with Crippen LogP contribution in [0.25, 0.3) is 0 Å². The first kappa shape index (κ1) is 9.17. The zero-order valence-corrected chi connectivity index (χ0v) is 7.78. The predicted octanol–water partition coefficient (Wildman–Crippen LogP) is 2.04. The molecule has 1 aromatic carbocycles. The van der Waals surface area contributed by atoms with Crippen molar-refractivity contribution in [3.63, 3.8) is 0 Å². The summed E-state index contributed by atoms with van der Waals surface area (Å²) in [6.45, 7) is 0. The van der Waals surface area contributed by atoms with Crippen LogP contribution in [0.1, 0.15) is 0 Å². The van der Waals surface area contributed by atoms with Crippen LogP contribution in [0.15, 0.2) is 12.1 Å². The van der Waals surface area contributed by atoms with Crippen molar-refractivity contribution >= 4 is 28.3 Å². The van der Waals surface area contributed by atoms with Gasteiger partial charge in [-0.2, -0.15) is 0 Å². The van der Waals surface area contributed by atoms with E-state index in [-0.39, 0.29) is 0 Å². The SMILES string of the molecule is O=[N+]([O-])c1cc(I)cc(F)c1O. The lowest BCUT2D eigenvalue weighted by Gasteiger charge is -1.97. The van der Waals surface area contributed by atoms with E-state index in [1.165, 1.54) is 0 Å². The second-order valence-electron chi connectivity index (χ2n) is 2.01. The number of nitrogens with zero attached hydrogens (tertiary/aromatic N) is 1. The van der Waals surface area contributed by atoms with Gasteiger partial charge in [0.25, 0.3) is 0 Å². The van der Waals surface area contributed by atoms with Crippen LogP contribution in [0, 0.1) is 19.5 Å². The fraction of sp³-hybridized carbons (Fsp3) is 0. The molecule has 0 heterocycles. The molecule has 1 rings (SSSR count). The molecule has 0 amide bonds. The van der Waals surface area contributed by atoms with Gasteiger partial charge in [-0.1, -0.05) is 0 Å². The molecule has 0 bridgehead atoms. The molecule has 0 aliphatic heterocycles. The van der Waals surface area contributed by atoms with Crippen LogP contribution in [-0.2, 0) is 0 Å². The smallest absolute Gasteiger partial charge is 0.314 e. The molecule has 64 valence electrons. The van der Waals surface area contributed by atoms with E-state index in [0.29, 0.717) is 3.57 Å². The van der Waals surface area contributed by atoms with Crippen LogP contribution >= 0.6 is 22.6 Å². The second kappa shape index (κ2) is 3.21. The Bertz CT molecular complexity index is 342. The minimum atomic E-state index is -0.978. The van der Waals surface area contributed by atoms with Crippen molar-refractivity contribution in [2.45, 2.75) is 0 Å². The summed E-state index contributed by atoms with van der Waals surface area (Å²) in [6.07, 6.45) is 0. The van der Waals surface area contributed by atoms with Crippen LogP contribution in [0.5, 0.6) is 5.75 Å². The third-order valence-electron chi connectivity index (χ3n) is 1.20. The van der Waals surface area contributed by atoms with Crippen molar-refractivity contribution in [2.24, 2.45) is 0 Å². The van der Waals surface area contributed by atoms with Crippen molar-refractivity contribution in [1.82, 2.24) is 0 Å². The number of phenolic OH excluding ortho intramolecular Hbond substituents is 1. The molecule has 0 aliphatic rings. The lowest BCUT2D eigenvalue weighted by Crippen LogP contribution is -1.91. The van der Waals surface area contributed by atoms with Gasteiger partial charge in [0.05, 0.1) is 4.92 Å². The molecule has 0 atom stereocenters. The number of hydrogen-bond donors (Lipinski definition) is 1. The Morgan fingerprint density at radius 3 is 2.67 bits per heavy atom. The molecule has 4 nitrogen and oxygen atoms in total. The van der Waals surface area contributed by atoms with Gasteiger partial charge in [0.2, 0.25) is 5.75 Å². The molecule has 1 aromatic rings. The maximum atomic E-state index is 12.6. The van der Waals surface area contributed by atoms with Crippen LogP contribution in [0.2, 0.25) is 0 Å². The van der Waals surface area contributed by atoms with E-state index < -0.39 is 22.2 Å². The molecule has 6 heteroatoms. The van der Waals surface area contributed by atoms with Crippen LogP contribution < -0.4 is 0 Å². The Kier molecular flexibility index (Phi) is 2.46. The summed E-state index contributed by atoms with van der Waals surface area (Å²) < 4.78 is 13.0. The predicted molar refractivity (Wildman–Crippen MR) is 47.4 cm³/mol. The molecular formula is C6H3FINO3. The first-order chi connectivity index (χ1) is 5.52. The number of rotatable bonds is 1. The van der Waals surface area contributed by atoms with Gasteiger partial charge in [0.1, 0.15) is 0 Å². The normalized spacial score (nSPS) is 9.83. The van der Waals surface area contributed by atoms with Gasteiger partial charge >= 0.3 is 5.69 Å². The number of benzene rings is 1. The number of phenols is 1. The summed E-state index contributed by atoms with van der Waals surface area (Å²) in [6, 6.07) is 2.11. The van der Waals surface area contributed by atoms with E-state index in [1.807, 2.05) is 0 Å². The number of aromatic hydroxyl groups is 1. The highest BCUT2D eigenvalue weighted by atomic mass is 127. The van der Waals surface area contributed by atoms with Crippen LogP contribution in [0.4, 0.5) is 10.1 Å². The minimum Gasteiger partial charge on any atom is -0.500 e. The molecule has 0 fully saturated rings. The van der Waals surface area contributed by atoms with E-state index in [9.17, 15) is 14.5 Å². The Morgan fingerprint density at radius 1 is 1.58 bits per heavy atom. The molecule has 0 spiro atoms. The van der Waals surface area contributed by atoms with Crippen molar-refractivity contribution in [3.05, 3.63) is 31.6 Å². The summed E-state index contributed by atoms with van der Waals surface area (Å²) in [5.41, 5.74) is -0.612. The fourth-order valence-corrected chi connectivity index (χ4v) is 1.26. The van der Waals surface area contributed by atoms with Gasteiger partial charge in [-0.15, -0.1) is 0 Å². The molecule has 0 aromatic heterocycles. The van der Waals surface area contributed by atoms with Gasteiger partial charge in [-0.25, -0.2) is 4.39 Å². The Hall–Kier alpha value is -0.920. The van der Waals surface area contributed by atoms with Crippen molar-refractivity contribution < 1.29 is 14.4 Å². The summed E-state index contributed by atoms with van der Waals surface area (Å²) >= 11 is 1.73. The van der Waals surface area contributed by atoms with E-state index in [2.05, 4.69) is 0 Å². The Balaban J connectivity index is 3.37. The summed E-state index contributed by atoms with van der Waals surface area (Å²) in [5, 5.41) is 19.1. The van der Waals surface area contributed by atoms with Gasteiger partial charge < -0.3 is 5.11 Å². The van der Waals surface area contributed by atoms with Crippen molar-refractivity contribution in [3.8, 4) is 5.75 Å². The summed E-state index contributed by atoms with van der Waals surface area (Å²) in [5.74, 6) is -1.89. The number of hydrogen-bond acceptors (Lipinski definition) is 3. The number of nitro benzene ring substituents is 1. The Morgan fingerprint density at radius 2 is 2.17 bits per heavy atom. The maximum Gasteiger partial charge on any atom is 0.314 e. The monoisotopic (exact) mass is 283 g/mol. The molecule has 0 aliphatic carbocycles. The topological polar surface area (TPSA) is 63.4 Å². The third-order valence-corrected chi connectivity index (χ3v) is 1.83. The van der Waals surface area contributed by atoms with E-state index in [4.69, 9.17) is 5.11 Å². The number of halogens is 2. The molecular weight excluding hydrogens is 280 g/mol. The standard InChI is InChI=1S/C6H3FINO3/c7-4-1-3(8)2-5(6(4)10)9(11)12/h1-2,10H. The van der Waals surface area contributed by atoms with Crippen molar-refractivity contribution in [1.29, 1.82) is 0 Å². The molecule has 0 unspecified atom stereocenters. The summed E-state index contributed by atoms with van der Waals surface area (Å²) in [4.78, 5) is 9.37. The molecule has 0 saturated carbocycles. The van der Waals surface area contributed by atoms with Gasteiger partial charge in [-0.05, 0) is 28.7 Å². The van der Waals surface area contributed by atoms with E-state index >= 15 is 0 Å².